The highest BCUT2D eigenvalue weighted by Crippen LogP contribution is 2.44. The number of hydrogen-bond donors (Lipinski definition) is 0. The van der Waals surface area contributed by atoms with Crippen molar-refractivity contribution in [3.05, 3.63) is 71.3 Å². The van der Waals surface area contributed by atoms with Gasteiger partial charge in [-0.25, -0.2) is 0 Å². The SMILES string of the molecule is CN(C)Cc1cccc(CN2C[C@@H]3COC[C@]3(c3ccccc3)C2)c1. The summed E-state index contributed by atoms with van der Waals surface area (Å²) in [5.41, 5.74) is 4.44. The first-order chi connectivity index (χ1) is 12.2. The van der Waals surface area contributed by atoms with Crippen LogP contribution < -0.4 is 0 Å². The molecule has 0 radical (unpaired) electrons. The first kappa shape index (κ1) is 16.8. The molecule has 2 saturated heterocycles. The Hall–Kier alpha value is -1.68. The summed E-state index contributed by atoms with van der Waals surface area (Å²) in [6.45, 7) is 6.02. The zero-order valence-corrected chi connectivity index (χ0v) is 15.3. The van der Waals surface area contributed by atoms with Gasteiger partial charge in [-0.05, 0) is 30.8 Å². The summed E-state index contributed by atoms with van der Waals surface area (Å²) in [4.78, 5) is 4.84. The van der Waals surface area contributed by atoms with Crippen LogP contribution in [0.2, 0.25) is 0 Å². The van der Waals surface area contributed by atoms with E-state index in [4.69, 9.17) is 4.74 Å². The molecule has 2 aliphatic heterocycles. The van der Waals surface area contributed by atoms with E-state index in [0.29, 0.717) is 5.92 Å². The van der Waals surface area contributed by atoms with Gasteiger partial charge in [0.25, 0.3) is 0 Å². The fraction of sp³-hybridized carbons (Fsp3) is 0.455. The van der Waals surface area contributed by atoms with Gasteiger partial charge < -0.3 is 9.64 Å². The van der Waals surface area contributed by atoms with Crippen molar-refractivity contribution in [2.75, 3.05) is 40.4 Å². The minimum atomic E-state index is 0.183. The van der Waals surface area contributed by atoms with Crippen LogP contribution in [0.15, 0.2) is 54.6 Å². The summed E-state index contributed by atoms with van der Waals surface area (Å²) >= 11 is 0. The predicted octanol–water partition coefficient (Wildman–Crippen LogP) is 3.15. The van der Waals surface area contributed by atoms with Crippen LogP contribution in [-0.4, -0.2) is 50.2 Å². The molecule has 0 amide bonds. The molecule has 2 atom stereocenters. The van der Waals surface area contributed by atoms with Gasteiger partial charge in [-0.3, -0.25) is 4.90 Å². The van der Waals surface area contributed by atoms with E-state index in [0.717, 1.165) is 39.4 Å². The Morgan fingerprint density at radius 3 is 2.68 bits per heavy atom. The van der Waals surface area contributed by atoms with Gasteiger partial charge in [0, 0.05) is 37.5 Å². The third-order valence-corrected chi connectivity index (χ3v) is 5.69. The molecule has 4 rings (SSSR count). The van der Waals surface area contributed by atoms with E-state index in [1.165, 1.54) is 16.7 Å². The first-order valence-electron chi connectivity index (χ1n) is 9.24. The maximum Gasteiger partial charge on any atom is 0.0579 e. The molecule has 132 valence electrons. The van der Waals surface area contributed by atoms with Crippen LogP contribution in [0, 0.1) is 5.92 Å². The highest BCUT2D eigenvalue weighted by atomic mass is 16.5. The zero-order valence-electron chi connectivity index (χ0n) is 15.3. The maximum atomic E-state index is 5.90. The summed E-state index contributed by atoms with van der Waals surface area (Å²) in [7, 11) is 4.25. The molecule has 3 heteroatoms. The Labute approximate surface area is 151 Å². The van der Waals surface area contributed by atoms with Gasteiger partial charge in [-0.2, -0.15) is 0 Å². The molecule has 0 aliphatic carbocycles. The quantitative estimate of drug-likeness (QED) is 0.834. The van der Waals surface area contributed by atoms with E-state index in [-0.39, 0.29) is 5.41 Å². The molecule has 2 aromatic rings. The van der Waals surface area contributed by atoms with Gasteiger partial charge in [0.05, 0.1) is 13.2 Å². The predicted molar refractivity (Wildman–Crippen MR) is 102 cm³/mol. The lowest BCUT2D eigenvalue weighted by Crippen LogP contribution is -2.35. The first-order valence-corrected chi connectivity index (χ1v) is 9.24. The molecule has 0 spiro atoms. The van der Waals surface area contributed by atoms with E-state index < -0.39 is 0 Å². The van der Waals surface area contributed by atoms with Crippen LogP contribution in [0.4, 0.5) is 0 Å². The van der Waals surface area contributed by atoms with Crippen LogP contribution in [0.3, 0.4) is 0 Å². The standard InChI is InChI=1S/C22H28N2O/c1-23(2)12-18-7-6-8-19(11-18)13-24-14-21-15-25-17-22(21,16-24)20-9-4-3-5-10-20/h3-11,21H,12-17H2,1-2H3/t21-,22+/m1/s1. The molecule has 0 saturated carbocycles. The largest absolute Gasteiger partial charge is 0.380 e. The zero-order chi connectivity index (χ0) is 17.3. The van der Waals surface area contributed by atoms with Crippen LogP contribution in [0.1, 0.15) is 16.7 Å². The lowest BCUT2D eigenvalue weighted by molar-refractivity contribution is 0.146. The molecular weight excluding hydrogens is 308 g/mol. The van der Waals surface area contributed by atoms with Crippen LogP contribution in [-0.2, 0) is 23.2 Å². The molecule has 0 unspecified atom stereocenters. The second-order valence-electron chi connectivity index (χ2n) is 7.96. The second kappa shape index (κ2) is 6.91. The summed E-state index contributed by atoms with van der Waals surface area (Å²) in [6, 6.07) is 20.0. The molecule has 25 heavy (non-hydrogen) atoms. The van der Waals surface area contributed by atoms with Crippen LogP contribution in [0.5, 0.6) is 0 Å². The van der Waals surface area contributed by atoms with E-state index in [1.54, 1.807) is 0 Å². The molecule has 2 aliphatic rings. The molecule has 3 nitrogen and oxygen atoms in total. The van der Waals surface area contributed by atoms with Crippen molar-refractivity contribution >= 4 is 0 Å². The van der Waals surface area contributed by atoms with Gasteiger partial charge in [-0.15, -0.1) is 0 Å². The van der Waals surface area contributed by atoms with Crippen molar-refractivity contribution in [1.29, 1.82) is 0 Å². The Kier molecular flexibility index (Phi) is 4.63. The van der Waals surface area contributed by atoms with Crippen LogP contribution in [0.25, 0.3) is 0 Å². The van der Waals surface area contributed by atoms with Crippen molar-refractivity contribution in [2.24, 2.45) is 5.92 Å². The summed E-state index contributed by atoms with van der Waals surface area (Å²) in [5, 5.41) is 0. The molecule has 0 aromatic heterocycles. The lowest BCUT2D eigenvalue weighted by atomic mass is 9.75. The number of likely N-dealkylation sites (tertiary alicyclic amines) is 1. The monoisotopic (exact) mass is 336 g/mol. The average molecular weight is 336 g/mol. The Balaban J connectivity index is 1.51. The average Bonchev–Trinajstić information content (AvgIpc) is 3.13. The Bertz CT molecular complexity index is 715. The highest BCUT2D eigenvalue weighted by molar-refractivity contribution is 5.31. The lowest BCUT2D eigenvalue weighted by Gasteiger charge is -2.28. The number of benzene rings is 2. The van der Waals surface area contributed by atoms with Crippen molar-refractivity contribution in [2.45, 2.75) is 18.5 Å². The molecule has 2 heterocycles. The summed E-state index contributed by atoms with van der Waals surface area (Å²) in [5.74, 6) is 0.611. The van der Waals surface area contributed by atoms with Gasteiger partial charge in [-0.1, -0.05) is 54.6 Å². The fourth-order valence-corrected chi connectivity index (χ4v) is 4.59. The second-order valence-corrected chi connectivity index (χ2v) is 7.96. The van der Waals surface area contributed by atoms with Crippen molar-refractivity contribution in [1.82, 2.24) is 9.80 Å². The van der Waals surface area contributed by atoms with Gasteiger partial charge in [0.1, 0.15) is 0 Å². The Morgan fingerprint density at radius 1 is 1.08 bits per heavy atom. The van der Waals surface area contributed by atoms with Gasteiger partial charge in [0.2, 0.25) is 0 Å². The maximum absolute atomic E-state index is 5.90. The Morgan fingerprint density at radius 2 is 1.88 bits per heavy atom. The minimum Gasteiger partial charge on any atom is -0.380 e. The number of rotatable bonds is 5. The smallest absolute Gasteiger partial charge is 0.0579 e. The number of nitrogens with zero attached hydrogens (tertiary/aromatic N) is 2. The van der Waals surface area contributed by atoms with E-state index >= 15 is 0 Å². The number of ether oxygens (including phenoxy) is 1. The normalized spacial score (nSPS) is 26.3. The van der Waals surface area contributed by atoms with E-state index in [9.17, 15) is 0 Å². The molecular formula is C22H28N2O. The van der Waals surface area contributed by atoms with E-state index in [1.807, 2.05) is 0 Å². The number of fused-ring (bicyclic) bond motifs is 1. The highest BCUT2D eigenvalue weighted by Gasteiger charge is 2.51. The molecule has 0 bridgehead atoms. The molecule has 2 fully saturated rings. The van der Waals surface area contributed by atoms with Crippen molar-refractivity contribution < 1.29 is 4.74 Å². The third kappa shape index (κ3) is 3.37. The van der Waals surface area contributed by atoms with Gasteiger partial charge in [0.15, 0.2) is 0 Å². The number of hydrogen-bond acceptors (Lipinski definition) is 3. The van der Waals surface area contributed by atoms with Crippen LogP contribution >= 0.6 is 0 Å². The van der Waals surface area contributed by atoms with Crippen molar-refractivity contribution in [3.8, 4) is 0 Å². The fourth-order valence-electron chi connectivity index (χ4n) is 4.59. The van der Waals surface area contributed by atoms with Gasteiger partial charge >= 0.3 is 0 Å². The molecule has 2 aromatic carbocycles. The minimum absolute atomic E-state index is 0.183. The third-order valence-electron chi connectivity index (χ3n) is 5.69. The van der Waals surface area contributed by atoms with Crippen molar-refractivity contribution in [3.63, 3.8) is 0 Å². The molecule has 0 N–H and O–H groups in total. The topological polar surface area (TPSA) is 15.7 Å². The van der Waals surface area contributed by atoms with E-state index in [2.05, 4.69) is 78.5 Å². The summed E-state index contributed by atoms with van der Waals surface area (Å²) < 4.78 is 5.90. The summed E-state index contributed by atoms with van der Waals surface area (Å²) in [6.07, 6.45) is 0.